The summed E-state index contributed by atoms with van der Waals surface area (Å²) in [5, 5.41) is 9.32. The van der Waals surface area contributed by atoms with Gasteiger partial charge in [-0.2, -0.15) is 0 Å². The predicted molar refractivity (Wildman–Crippen MR) is 235 cm³/mol. The molecule has 0 heterocycles. The van der Waals surface area contributed by atoms with Crippen LogP contribution in [-0.4, -0.2) is 17.7 Å². The number of benzene rings is 4. The van der Waals surface area contributed by atoms with E-state index in [4.69, 9.17) is 4.74 Å². The highest BCUT2D eigenvalue weighted by atomic mass is 16.5. The molecule has 3 heteroatoms. The van der Waals surface area contributed by atoms with Crippen molar-refractivity contribution in [2.45, 2.75) is 169 Å². The molecule has 4 aromatic rings. The highest BCUT2D eigenvalue weighted by molar-refractivity contribution is 5.67. The molecular formula is C52H72O3. The Kier molecular flexibility index (Phi) is 11.9. The van der Waals surface area contributed by atoms with Gasteiger partial charge in [0.15, 0.2) is 0 Å². The molecule has 0 bridgehead atoms. The molecular weight excluding hydrogens is 673 g/mol. The molecule has 1 N–H and O–H groups in total. The van der Waals surface area contributed by atoms with E-state index in [1.165, 1.54) is 50.1 Å². The molecule has 0 aliphatic carbocycles. The third kappa shape index (κ3) is 9.94. The Morgan fingerprint density at radius 3 is 0.855 bits per heavy atom. The van der Waals surface area contributed by atoms with Crippen LogP contribution in [0.3, 0.4) is 0 Å². The number of hydrogen-bond donors (Lipinski definition) is 1. The van der Waals surface area contributed by atoms with E-state index in [2.05, 4.69) is 191 Å². The molecule has 0 saturated carbocycles. The quantitative estimate of drug-likeness (QED) is 0.183. The Bertz CT molecular complexity index is 1700. The second-order valence-corrected chi connectivity index (χ2v) is 22.2. The van der Waals surface area contributed by atoms with Crippen molar-refractivity contribution in [2.75, 3.05) is 6.61 Å². The zero-order chi connectivity index (χ0) is 41.7. The van der Waals surface area contributed by atoms with Gasteiger partial charge in [0, 0.05) is 0 Å². The van der Waals surface area contributed by atoms with Crippen molar-refractivity contribution >= 4 is 5.97 Å². The van der Waals surface area contributed by atoms with E-state index in [0.717, 1.165) is 5.56 Å². The Hall–Kier alpha value is -3.85. The van der Waals surface area contributed by atoms with Crippen LogP contribution in [-0.2, 0) is 42.7 Å². The van der Waals surface area contributed by atoms with Gasteiger partial charge in [-0.25, -0.2) is 0 Å². The van der Waals surface area contributed by atoms with Crippen LogP contribution in [0.5, 0.6) is 5.75 Å². The van der Waals surface area contributed by atoms with Crippen molar-refractivity contribution in [3.05, 3.63) is 134 Å². The maximum Gasteiger partial charge on any atom is 0.306 e. The predicted octanol–water partition coefficient (Wildman–Crippen LogP) is 13.7. The number of rotatable bonds is 8. The van der Waals surface area contributed by atoms with Crippen molar-refractivity contribution in [2.24, 2.45) is 0 Å². The molecule has 0 atom stereocenters. The van der Waals surface area contributed by atoms with Gasteiger partial charge in [-0.15, -0.1) is 0 Å². The summed E-state index contributed by atoms with van der Waals surface area (Å²) in [6, 6.07) is 30.6. The smallest absolute Gasteiger partial charge is 0.306 e. The number of carboxylic acids is 1. The maximum absolute atomic E-state index is 11.4. The van der Waals surface area contributed by atoms with E-state index in [1.54, 1.807) is 0 Å². The highest BCUT2D eigenvalue weighted by Gasteiger charge is 2.42. The minimum atomic E-state index is -0.870. The number of carbonyl (C=O) groups is 1. The van der Waals surface area contributed by atoms with Crippen LogP contribution < -0.4 is 4.74 Å². The molecule has 0 saturated heterocycles. The number of hydrogen-bond acceptors (Lipinski definition) is 2. The van der Waals surface area contributed by atoms with Gasteiger partial charge < -0.3 is 9.84 Å². The summed E-state index contributed by atoms with van der Waals surface area (Å²) in [5.74, 6) is -0.207. The lowest BCUT2D eigenvalue weighted by atomic mass is 9.61. The third-order valence-corrected chi connectivity index (χ3v) is 11.2. The van der Waals surface area contributed by atoms with Crippen LogP contribution in [0.1, 0.15) is 187 Å². The fraction of sp³-hybridized carbons (Fsp3) is 0.519. The van der Waals surface area contributed by atoms with E-state index in [9.17, 15) is 9.90 Å². The van der Waals surface area contributed by atoms with Gasteiger partial charge in [0.2, 0.25) is 0 Å². The molecule has 0 fully saturated rings. The largest absolute Gasteiger partial charge is 0.493 e. The van der Waals surface area contributed by atoms with Crippen LogP contribution in [0.2, 0.25) is 0 Å². The zero-order valence-electron chi connectivity index (χ0n) is 37.7. The van der Waals surface area contributed by atoms with Gasteiger partial charge in [0.1, 0.15) is 5.75 Å². The second kappa shape index (κ2) is 14.9. The van der Waals surface area contributed by atoms with E-state index in [1.807, 2.05) is 12.1 Å². The van der Waals surface area contributed by atoms with Crippen LogP contribution in [0.25, 0.3) is 0 Å². The van der Waals surface area contributed by atoms with Crippen LogP contribution >= 0.6 is 0 Å². The minimum Gasteiger partial charge on any atom is -0.493 e. The SMILES string of the molecule is CC(C)(C)c1cc(C(C)(C)C)cc(C(c2ccc(OCCC(=O)O)cc2)(c2cc(C(C)(C)C)cc(C(C)(C)C)c2)c2cc(C(C)(C)C)cc(C(C)(C)C)c2)c1. The van der Waals surface area contributed by atoms with Gasteiger partial charge in [-0.3, -0.25) is 4.79 Å². The molecule has 4 rings (SSSR count). The minimum absolute atomic E-state index is 0.0504. The highest BCUT2D eigenvalue weighted by Crippen LogP contribution is 2.51. The first-order valence-corrected chi connectivity index (χ1v) is 20.3. The van der Waals surface area contributed by atoms with Gasteiger partial charge in [0.05, 0.1) is 18.4 Å². The molecule has 0 aliphatic rings. The fourth-order valence-corrected chi connectivity index (χ4v) is 7.19. The summed E-state index contributed by atoms with van der Waals surface area (Å²) >= 11 is 0. The van der Waals surface area contributed by atoms with E-state index < -0.39 is 11.4 Å². The van der Waals surface area contributed by atoms with Crippen molar-refractivity contribution in [3.63, 3.8) is 0 Å². The Morgan fingerprint density at radius 2 is 0.636 bits per heavy atom. The molecule has 0 unspecified atom stereocenters. The van der Waals surface area contributed by atoms with Crippen LogP contribution in [0.4, 0.5) is 0 Å². The average molecular weight is 745 g/mol. The molecule has 4 aromatic carbocycles. The van der Waals surface area contributed by atoms with E-state index >= 15 is 0 Å². The molecule has 0 spiro atoms. The number of carboxylic acid groups (broad SMARTS) is 1. The van der Waals surface area contributed by atoms with Crippen LogP contribution in [0.15, 0.2) is 78.9 Å². The first-order chi connectivity index (χ1) is 24.8. The van der Waals surface area contributed by atoms with Crippen molar-refractivity contribution in [1.29, 1.82) is 0 Å². The lowest BCUT2D eigenvalue weighted by Gasteiger charge is -2.41. The first-order valence-electron chi connectivity index (χ1n) is 20.3. The van der Waals surface area contributed by atoms with E-state index in [0.29, 0.717) is 5.75 Å². The standard InChI is InChI=1S/C52H72O3/c1-46(2,3)35-25-36(47(4,5)6)29-41(28-35)52(34-19-21-44(22-20-34)55-24-23-45(53)54,42-30-37(48(7,8)9)26-38(31-42)49(10,11)12)43-32-39(50(13,14)15)27-40(33-43)51(16,17)18/h19-22,25-33H,23-24H2,1-18H3,(H,53,54). The summed E-state index contributed by atoms with van der Waals surface area (Å²) in [6.07, 6.45) is -0.0504. The summed E-state index contributed by atoms with van der Waals surface area (Å²) in [4.78, 5) is 11.4. The number of aliphatic carboxylic acids is 1. The van der Waals surface area contributed by atoms with Crippen molar-refractivity contribution in [3.8, 4) is 5.75 Å². The molecule has 0 radical (unpaired) electrons. The summed E-state index contributed by atoms with van der Waals surface area (Å²) in [7, 11) is 0. The van der Waals surface area contributed by atoms with Gasteiger partial charge in [-0.1, -0.05) is 191 Å². The molecule has 0 aliphatic heterocycles. The van der Waals surface area contributed by atoms with Gasteiger partial charge >= 0.3 is 5.97 Å². The Labute approximate surface area is 335 Å². The third-order valence-electron chi connectivity index (χ3n) is 11.2. The Balaban J connectivity index is 2.41. The fourth-order valence-electron chi connectivity index (χ4n) is 7.19. The maximum atomic E-state index is 11.4. The normalized spacial score (nSPS) is 13.6. The monoisotopic (exact) mass is 745 g/mol. The van der Waals surface area contributed by atoms with Crippen LogP contribution in [0, 0.1) is 0 Å². The molecule has 0 aromatic heterocycles. The molecule has 0 amide bonds. The lowest BCUT2D eigenvalue weighted by molar-refractivity contribution is -0.137. The number of ether oxygens (including phenoxy) is 1. The summed E-state index contributed by atoms with van der Waals surface area (Å²) < 4.78 is 6.00. The van der Waals surface area contributed by atoms with Gasteiger partial charge in [0.25, 0.3) is 0 Å². The topological polar surface area (TPSA) is 46.5 Å². The lowest BCUT2D eigenvalue weighted by Crippen LogP contribution is -2.34. The molecule has 298 valence electrons. The molecule has 3 nitrogen and oxygen atoms in total. The van der Waals surface area contributed by atoms with E-state index in [-0.39, 0.29) is 45.5 Å². The molecule has 55 heavy (non-hydrogen) atoms. The second-order valence-electron chi connectivity index (χ2n) is 22.2. The summed E-state index contributed by atoms with van der Waals surface area (Å²) in [5.41, 5.74) is 11.3. The van der Waals surface area contributed by atoms with Gasteiger partial charge in [-0.05, 0) is 100 Å². The average Bonchev–Trinajstić information content (AvgIpc) is 3.03. The summed E-state index contributed by atoms with van der Waals surface area (Å²) in [6.45, 7) is 41.9. The zero-order valence-corrected chi connectivity index (χ0v) is 37.7. The Morgan fingerprint density at radius 1 is 0.400 bits per heavy atom. The van der Waals surface area contributed by atoms with Crippen molar-refractivity contribution < 1.29 is 14.6 Å². The first kappa shape index (κ1) is 43.9. The van der Waals surface area contributed by atoms with Crippen molar-refractivity contribution in [1.82, 2.24) is 0 Å².